The smallest absolute Gasteiger partial charge is 0.244 e. The van der Waals surface area contributed by atoms with Crippen molar-refractivity contribution in [2.45, 2.75) is 51.4 Å². The molecule has 1 aliphatic rings. The molecular formula is C15H21NO4. The highest BCUT2D eigenvalue weighted by molar-refractivity contribution is 5.92. The summed E-state index contributed by atoms with van der Waals surface area (Å²) in [5.74, 6) is -0.267. The molecule has 0 aliphatic carbocycles. The number of carbonyl (C=O) groups excluding carboxylic acids is 4. The van der Waals surface area contributed by atoms with Crippen LogP contribution in [0.5, 0.6) is 0 Å². The third-order valence-electron chi connectivity index (χ3n) is 3.15. The molecule has 0 saturated carbocycles. The van der Waals surface area contributed by atoms with Crippen LogP contribution in [0.15, 0.2) is 12.2 Å². The summed E-state index contributed by atoms with van der Waals surface area (Å²) in [6.45, 7) is 0.00977. The van der Waals surface area contributed by atoms with Crippen molar-refractivity contribution in [2.24, 2.45) is 0 Å². The second kappa shape index (κ2) is 9.18. The van der Waals surface area contributed by atoms with Gasteiger partial charge in [-0.25, -0.2) is 0 Å². The molecule has 110 valence electrons. The van der Waals surface area contributed by atoms with Gasteiger partial charge in [0, 0.05) is 32.1 Å². The molecule has 0 aromatic rings. The molecule has 0 unspecified atom stereocenters. The summed E-state index contributed by atoms with van der Waals surface area (Å²) < 4.78 is 0. The summed E-state index contributed by atoms with van der Waals surface area (Å²) in [5, 5.41) is 2.51. The number of amides is 1. The average molecular weight is 279 g/mol. The molecule has 0 spiro atoms. The van der Waals surface area contributed by atoms with E-state index in [9.17, 15) is 19.2 Å². The van der Waals surface area contributed by atoms with Crippen LogP contribution in [0.3, 0.4) is 0 Å². The van der Waals surface area contributed by atoms with Crippen LogP contribution in [0.1, 0.15) is 51.4 Å². The van der Waals surface area contributed by atoms with Gasteiger partial charge in [0.2, 0.25) is 5.91 Å². The van der Waals surface area contributed by atoms with Gasteiger partial charge in [0.25, 0.3) is 0 Å². The Labute approximate surface area is 118 Å². The number of carbonyl (C=O) groups is 4. The van der Waals surface area contributed by atoms with Crippen LogP contribution in [0.25, 0.3) is 0 Å². The van der Waals surface area contributed by atoms with Crippen molar-refractivity contribution in [1.82, 2.24) is 5.32 Å². The SMILES string of the molecule is O=C1CCCC=CC(=O)NCC(=O)CCCC(=O)CC1. The Kier molecular flexibility index (Phi) is 7.47. The van der Waals surface area contributed by atoms with E-state index in [0.717, 1.165) is 0 Å². The van der Waals surface area contributed by atoms with Crippen molar-refractivity contribution in [1.29, 1.82) is 0 Å². The Hall–Kier alpha value is -1.78. The van der Waals surface area contributed by atoms with Crippen molar-refractivity contribution in [3.8, 4) is 0 Å². The minimum atomic E-state index is -0.298. The number of ketones is 3. The molecule has 0 radical (unpaired) electrons. The fourth-order valence-electron chi connectivity index (χ4n) is 1.95. The summed E-state index contributed by atoms with van der Waals surface area (Å²) >= 11 is 0. The van der Waals surface area contributed by atoms with E-state index in [4.69, 9.17) is 0 Å². The van der Waals surface area contributed by atoms with E-state index in [2.05, 4.69) is 5.32 Å². The van der Waals surface area contributed by atoms with Gasteiger partial charge in [-0.15, -0.1) is 0 Å². The van der Waals surface area contributed by atoms with Crippen molar-refractivity contribution in [2.75, 3.05) is 6.54 Å². The summed E-state index contributed by atoms with van der Waals surface area (Å²) in [6, 6.07) is 0. The van der Waals surface area contributed by atoms with Crippen molar-refractivity contribution < 1.29 is 19.2 Å². The maximum Gasteiger partial charge on any atom is 0.244 e. The molecule has 0 bridgehead atoms. The molecule has 1 aliphatic heterocycles. The van der Waals surface area contributed by atoms with E-state index in [1.807, 2.05) is 0 Å². The molecule has 0 saturated heterocycles. The summed E-state index contributed by atoms with van der Waals surface area (Å²) in [4.78, 5) is 45.9. The fraction of sp³-hybridized carbons (Fsp3) is 0.600. The van der Waals surface area contributed by atoms with E-state index in [1.54, 1.807) is 6.08 Å². The third-order valence-corrected chi connectivity index (χ3v) is 3.15. The molecule has 20 heavy (non-hydrogen) atoms. The number of nitrogens with one attached hydrogen (secondary N) is 1. The van der Waals surface area contributed by atoms with Gasteiger partial charge in [0.05, 0.1) is 6.54 Å². The Bertz CT molecular complexity index is 412. The highest BCUT2D eigenvalue weighted by Crippen LogP contribution is 2.07. The number of rotatable bonds is 0. The van der Waals surface area contributed by atoms with Gasteiger partial charge in [0.1, 0.15) is 11.6 Å². The van der Waals surface area contributed by atoms with Gasteiger partial charge < -0.3 is 5.32 Å². The summed E-state index contributed by atoms with van der Waals surface area (Å²) in [5.41, 5.74) is 0. The van der Waals surface area contributed by atoms with Crippen LogP contribution in [-0.2, 0) is 19.2 Å². The lowest BCUT2D eigenvalue weighted by atomic mass is 10.0. The lowest BCUT2D eigenvalue weighted by Gasteiger charge is -2.04. The van der Waals surface area contributed by atoms with Gasteiger partial charge in [-0.3, -0.25) is 19.2 Å². The Morgan fingerprint density at radius 1 is 0.750 bits per heavy atom. The summed E-state index contributed by atoms with van der Waals surface area (Å²) in [6.07, 6.45) is 6.51. The molecule has 1 heterocycles. The monoisotopic (exact) mass is 279 g/mol. The van der Waals surface area contributed by atoms with Gasteiger partial charge in [0.15, 0.2) is 5.78 Å². The quantitative estimate of drug-likeness (QED) is 0.728. The van der Waals surface area contributed by atoms with E-state index in [1.165, 1.54) is 6.08 Å². The van der Waals surface area contributed by atoms with Crippen molar-refractivity contribution >= 4 is 23.3 Å². The molecule has 1 N–H and O–H groups in total. The zero-order valence-electron chi connectivity index (χ0n) is 11.7. The van der Waals surface area contributed by atoms with Crippen LogP contribution in [-0.4, -0.2) is 29.8 Å². The van der Waals surface area contributed by atoms with Crippen LogP contribution >= 0.6 is 0 Å². The zero-order valence-corrected chi connectivity index (χ0v) is 11.7. The van der Waals surface area contributed by atoms with Crippen LogP contribution in [0.4, 0.5) is 0 Å². The number of allylic oxidation sites excluding steroid dienone is 1. The number of Topliss-reactive ketones (excluding diaryl/α,β-unsaturated/α-hetero) is 3. The largest absolute Gasteiger partial charge is 0.345 e. The number of hydrogen-bond donors (Lipinski definition) is 1. The van der Waals surface area contributed by atoms with Crippen LogP contribution < -0.4 is 5.32 Å². The van der Waals surface area contributed by atoms with Gasteiger partial charge in [-0.1, -0.05) is 6.08 Å². The topological polar surface area (TPSA) is 80.3 Å². The van der Waals surface area contributed by atoms with Gasteiger partial charge in [-0.05, 0) is 25.3 Å². The minimum Gasteiger partial charge on any atom is -0.345 e. The molecule has 0 atom stereocenters. The van der Waals surface area contributed by atoms with Crippen LogP contribution in [0.2, 0.25) is 0 Å². The Balaban J connectivity index is 2.50. The maximum atomic E-state index is 11.5. The zero-order chi connectivity index (χ0) is 14.8. The van der Waals surface area contributed by atoms with E-state index < -0.39 is 0 Å². The first-order valence-corrected chi connectivity index (χ1v) is 7.07. The second-order valence-corrected chi connectivity index (χ2v) is 4.98. The van der Waals surface area contributed by atoms with Crippen molar-refractivity contribution in [3.05, 3.63) is 12.2 Å². The molecule has 0 fully saturated rings. The predicted molar refractivity (Wildman–Crippen MR) is 74.1 cm³/mol. The highest BCUT2D eigenvalue weighted by atomic mass is 16.2. The first kappa shape index (κ1) is 16.3. The van der Waals surface area contributed by atoms with E-state index >= 15 is 0 Å². The maximum absolute atomic E-state index is 11.5. The number of hydrogen-bond acceptors (Lipinski definition) is 4. The Morgan fingerprint density at radius 2 is 1.35 bits per heavy atom. The molecule has 0 aromatic carbocycles. The van der Waals surface area contributed by atoms with Crippen LogP contribution in [0, 0.1) is 0 Å². The molecule has 1 rings (SSSR count). The molecule has 5 nitrogen and oxygen atoms in total. The third kappa shape index (κ3) is 7.61. The second-order valence-electron chi connectivity index (χ2n) is 4.98. The van der Waals surface area contributed by atoms with Gasteiger partial charge >= 0.3 is 0 Å². The van der Waals surface area contributed by atoms with E-state index in [-0.39, 0.29) is 49.1 Å². The molecular weight excluding hydrogens is 258 g/mol. The van der Waals surface area contributed by atoms with E-state index in [0.29, 0.717) is 32.1 Å². The predicted octanol–water partition coefficient (Wildman–Crippen LogP) is 1.50. The first-order chi connectivity index (χ1) is 9.58. The fourth-order valence-corrected chi connectivity index (χ4v) is 1.95. The average Bonchev–Trinajstić information content (AvgIpc) is 2.41. The normalized spacial score (nSPS) is 20.8. The molecule has 5 heteroatoms. The molecule has 1 amide bonds. The lowest BCUT2D eigenvalue weighted by Crippen LogP contribution is -2.27. The summed E-state index contributed by atoms with van der Waals surface area (Å²) in [7, 11) is 0. The highest BCUT2D eigenvalue weighted by Gasteiger charge is 2.09. The van der Waals surface area contributed by atoms with Gasteiger partial charge in [-0.2, -0.15) is 0 Å². The first-order valence-electron chi connectivity index (χ1n) is 7.07. The minimum absolute atomic E-state index is 0.00977. The lowest BCUT2D eigenvalue weighted by molar-refractivity contribution is -0.125. The molecule has 0 aromatic heterocycles. The Morgan fingerprint density at radius 3 is 2.05 bits per heavy atom. The van der Waals surface area contributed by atoms with Crippen molar-refractivity contribution in [3.63, 3.8) is 0 Å². The standard InChI is InChI=1S/C15H21NO4/c17-12-5-2-1-3-8-15(20)16-11-14(19)7-4-6-13(18)10-9-12/h3,8H,1-2,4-7,9-11H2,(H,16,20).